The van der Waals surface area contributed by atoms with Crippen LogP contribution in [0.3, 0.4) is 0 Å². The van der Waals surface area contributed by atoms with E-state index in [9.17, 15) is 14.4 Å². The second kappa shape index (κ2) is 10.9. The van der Waals surface area contributed by atoms with E-state index in [1.54, 1.807) is 24.3 Å². The first kappa shape index (κ1) is 21.1. The summed E-state index contributed by atoms with van der Waals surface area (Å²) in [7, 11) is 0. The van der Waals surface area contributed by atoms with Crippen molar-refractivity contribution < 1.29 is 14.4 Å². The number of hydrogen-bond acceptors (Lipinski definition) is 3. The first-order chi connectivity index (χ1) is 13.1. The van der Waals surface area contributed by atoms with Crippen molar-refractivity contribution in [3.8, 4) is 0 Å². The lowest BCUT2D eigenvalue weighted by Crippen LogP contribution is -2.31. The Balaban J connectivity index is 1.62. The lowest BCUT2D eigenvalue weighted by atomic mass is 9.99. The van der Waals surface area contributed by atoms with E-state index in [0.717, 1.165) is 32.2 Å². The van der Waals surface area contributed by atoms with Crippen molar-refractivity contribution in [2.45, 2.75) is 65.2 Å². The van der Waals surface area contributed by atoms with Crippen LogP contribution in [0.1, 0.15) is 85.9 Å². The molecular weight excluding hydrogens is 340 g/mol. The van der Waals surface area contributed by atoms with Crippen molar-refractivity contribution in [2.75, 3.05) is 13.1 Å². The first-order valence-corrected chi connectivity index (χ1v) is 10.3. The third-order valence-corrected chi connectivity index (χ3v) is 5.29. The van der Waals surface area contributed by atoms with Gasteiger partial charge in [0.25, 0.3) is 11.8 Å². The van der Waals surface area contributed by atoms with Gasteiger partial charge in [-0.3, -0.25) is 19.3 Å². The van der Waals surface area contributed by atoms with Crippen LogP contribution in [0, 0.1) is 5.92 Å². The van der Waals surface area contributed by atoms with Gasteiger partial charge in [-0.15, -0.1) is 0 Å². The van der Waals surface area contributed by atoms with E-state index in [0.29, 0.717) is 30.0 Å². The van der Waals surface area contributed by atoms with Gasteiger partial charge in [-0.2, -0.15) is 0 Å². The number of carbonyl (C=O) groups is 3. The quantitative estimate of drug-likeness (QED) is 0.442. The average molecular weight is 373 g/mol. The summed E-state index contributed by atoms with van der Waals surface area (Å²) in [6, 6.07) is 6.95. The van der Waals surface area contributed by atoms with E-state index in [1.807, 2.05) is 0 Å². The summed E-state index contributed by atoms with van der Waals surface area (Å²) in [5.74, 6) is 0.269. The molecule has 2 rings (SSSR count). The molecule has 1 aliphatic heterocycles. The molecule has 0 aromatic heterocycles. The molecule has 0 spiro atoms. The molecule has 0 unspecified atom stereocenters. The van der Waals surface area contributed by atoms with Crippen molar-refractivity contribution in [1.29, 1.82) is 0 Å². The molecule has 27 heavy (non-hydrogen) atoms. The number of amides is 3. The molecule has 1 aromatic carbocycles. The fraction of sp³-hybridized carbons (Fsp3) is 0.591. The highest BCUT2D eigenvalue weighted by molar-refractivity contribution is 6.21. The summed E-state index contributed by atoms with van der Waals surface area (Å²) in [5.41, 5.74) is 0.992. The fourth-order valence-corrected chi connectivity index (χ4v) is 3.46. The zero-order chi connectivity index (χ0) is 19.6. The van der Waals surface area contributed by atoms with E-state index in [1.165, 1.54) is 24.2 Å². The van der Waals surface area contributed by atoms with Gasteiger partial charge in [-0.25, -0.2) is 0 Å². The molecule has 3 amide bonds. The van der Waals surface area contributed by atoms with Gasteiger partial charge >= 0.3 is 0 Å². The van der Waals surface area contributed by atoms with Crippen LogP contribution in [0.15, 0.2) is 24.3 Å². The van der Waals surface area contributed by atoms with Crippen LogP contribution in [0.2, 0.25) is 0 Å². The molecular formula is C22H32N2O3. The SMILES string of the molecule is CCCC[C@@H](CC)CNC(=O)CCCCCN1C(=O)c2ccccc2C1=O. The van der Waals surface area contributed by atoms with Crippen LogP contribution >= 0.6 is 0 Å². The lowest BCUT2D eigenvalue weighted by Gasteiger charge is -2.15. The molecule has 0 radical (unpaired) electrons. The first-order valence-electron chi connectivity index (χ1n) is 10.3. The molecule has 148 valence electrons. The molecule has 1 aromatic rings. The van der Waals surface area contributed by atoms with E-state index in [2.05, 4.69) is 19.2 Å². The van der Waals surface area contributed by atoms with Gasteiger partial charge < -0.3 is 5.32 Å². The third kappa shape index (κ3) is 5.91. The summed E-state index contributed by atoms with van der Waals surface area (Å²) in [6.45, 7) is 5.55. The minimum absolute atomic E-state index is 0.102. The Hall–Kier alpha value is -2.17. The predicted octanol–water partition coefficient (Wildman–Crippen LogP) is 4.18. The summed E-state index contributed by atoms with van der Waals surface area (Å²) in [6.07, 6.45) is 7.52. The van der Waals surface area contributed by atoms with Crippen molar-refractivity contribution >= 4 is 17.7 Å². The monoisotopic (exact) mass is 372 g/mol. The van der Waals surface area contributed by atoms with Gasteiger partial charge in [0, 0.05) is 19.5 Å². The number of benzene rings is 1. The van der Waals surface area contributed by atoms with Crippen LogP contribution < -0.4 is 5.32 Å². The standard InChI is InChI=1S/C22H32N2O3/c1-3-5-11-17(4-2)16-23-20(25)14-7-6-10-15-24-21(26)18-12-8-9-13-19(18)22(24)27/h8-9,12-13,17H,3-7,10-11,14-16H2,1-2H3,(H,23,25)/t17-/m1/s1. The maximum Gasteiger partial charge on any atom is 0.261 e. The summed E-state index contributed by atoms with van der Waals surface area (Å²) < 4.78 is 0. The Bertz CT molecular complexity index is 622. The maximum atomic E-state index is 12.3. The van der Waals surface area contributed by atoms with Gasteiger partial charge in [0.2, 0.25) is 5.91 Å². The van der Waals surface area contributed by atoms with E-state index >= 15 is 0 Å². The highest BCUT2D eigenvalue weighted by atomic mass is 16.2. The highest BCUT2D eigenvalue weighted by Crippen LogP contribution is 2.22. The smallest absolute Gasteiger partial charge is 0.261 e. The average Bonchev–Trinajstić information content (AvgIpc) is 2.93. The number of hydrogen-bond donors (Lipinski definition) is 1. The minimum atomic E-state index is -0.203. The number of fused-ring (bicyclic) bond motifs is 1. The van der Waals surface area contributed by atoms with E-state index in [-0.39, 0.29) is 17.7 Å². The molecule has 5 heteroatoms. The van der Waals surface area contributed by atoms with Crippen LogP contribution in [-0.4, -0.2) is 35.7 Å². The molecule has 1 atom stereocenters. The number of nitrogens with one attached hydrogen (secondary N) is 1. The number of carbonyl (C=O) groups excluding carboxylic acids is 3. The Kier molecular flexibility index (Phi) is 8.49. The molecule has 1 N–H and O–H groups in total. The van der Waals surface area contributed by atoms with Crippen LogP contribution in [0.4, 0.5) is 0 Å². The number of unbranched alkanes of at least 4 members (excludes halogenated alkanes) is 3. The van der Waals surface area contributed by atoms with Gasteiger partial charge in [0.15, 0.2) is 0 Å². The molecule has 0 saturated carbocycles. The molecule has 0 bridgehead atoms. The second-order valence-corrected chi connectivity index (χ2v) is 7.34. The Morgan fingerprint density at radius 1 is 1.00 bits per heavy atom. The molecule has 0 aliphatic carbocycles. The molecule has 5 nitrogen and oxygen atoms in total. The van der Waals surface area contributed by atoms with Gasteiger partial charge in [0.1, 0.15) is 0 Å². The lowest BCUT2D eigenvalue weighted by molar-refractivity contribution is -0.121. The molecule has 1 heterocycles. The van der Waals surface area contributed by atoms with Crippen molar-refractivity contribution in [3.63, 3.8) is 0 Å². The minimum Gasteiger partial charge on any atom is -0.356 e. The summed E-state index contributed by atoms with van der Waals surface area (Å²) in [4.78, 5) is 37.8. The Labute approximate surface area is 162 Å². The molecule has 1 aliphatic rings. The van der Waals surface area contributed by atoms with Crippen molar-refractivity contribution in [3.05, 3.63) is 35.4 Å². The van der Waals surface area contributed by atoms with Gasteiger partial charge in [0.05, 0.1) is 11.1 Å². The van der Waals surface area contributed by atoms with Gasteiger partial charge in [-0.1, -0.05) is 51.7 Å². The summed E-state index contributed by atoms with van der Waals surface area (Å²) >= 11 is 0. The van der Waals surface area contributed by atoms with Crippen molar-refractivity contribution in [1.82, 2.24) is 10.2 Å². The van der Waals surface area contributed by atoms with Crippen LogP contribution in [-0.2, 0) is 4.79 Å². The molecule has 0 saturated heterocycles. The van der Waals surface area contributed by atoms with Gasteiger partial charge in [-0.05, 0) is 37.3 Å². The summed E-state index contributed by atoms with van der Waals surface area (Å²) in [5, 5.41) is 3.04. The van der Waals surface area contributed by atoms with Crippen LogP contribution in [0.25, 0.3) is 0 Å². The predicted molar refractivity (Wildman–Crippen MR) is 107 cm³/mol. The Morgan fingerprint density at radius 3 is 2.26 bits per heavy atom. The van der Waals surface area contributed by atoms with E-state index < -0.39 is 0 Å². The molecule has 0 fully saturated rings. The highest BCUT2D eigenvalue weighted by Gasteiger charge is 2.34. The number of imide groups is 1. The second-order valence-electron chi connectivity index (χ2n) is 7.34. The third-order valence-electron chi connectivity index (χ3n) is 5.29. The van der Waals surface area contributed by atoms with E-state index in [4.69, 9.17) is 0 Å². The zero-order valence-electron chi connectivity index (χ0n) is 16.6. The maximum absolute atomic E-state index is 12.3. The largest absolute Gasteiger partial charge is 0.356 e. The number of rotatable bonds is 12. The number of nitrogens with zero attached hydrogens (tertiary/aromatic N) is 1. The normalized spacial score (nSPS) is 14.4. The Morgan fingerprint density at radius 2 is 1.67 bits per heavy atom. The zero-order valence-corrected chi connectivity index (χ0v) is 16.6. The van der Waals surface area contributed by atoms with Crippen molar-refractivity contribution in [2.24, 2.45) is 5.92 Å². The van der Waals surface area contributed by atoms with Crippen LogP contribution in [0.5, 0.6) is 0 Å². The fourth-order valence-electron chi connectivity index (χ4n) is 3.46. The topological polar surface area (TPSA) is 66.5 Å².